The molecule has 4 rings (SSSR count). The van der Waals surface area contributed by atoms with Gasteiger partial charge in [-0.1, -0.05) is 24.3 Å². The number of nitrogens with zero attached hydrogens (tertiary/aromatic N) is 1. The molecule has 0 bridgehead atoms. The lowest BCUT2D eigenvalue weighted by Gasteiger charge is -2.37. The van der Waals surface area contributed by atoms with E-state index in [4.69, 9.17) is 5.73 Å². The standard InChI is InChI=1S/C24H33N3O3S2/c25-22-14-18-4-1-2-5-20(18)23(21(22)6-3-12-31)24(28)27-11-10-26-15-19(27)9-13-32(29,30)16-17-7-8-17/h1-2,4-5,14,17,19,26,31H,3,6-13,15-16,25H2/t19-/m0/s1. The number of nitrogens with one attached hydrogen (secondary N) is 1. The van der Waals surface area contributed by atoms with E-state index in [2.05, 4.69) is 17.9 Å². The number of hydrogen-bond donors (Lipinski definition) is 3. The summed E-state index contributed by atoms with van der Waals surface area (Å²) in [6.45, 7) is 1.86. The Morgan fingerprint density at radius 1 is 1.25 bits per heavy atom. The van der Waals surface area contributed by atoms with Crippen molar-refractivity contribution in [2.24, 2.45) is 5.92 Å². The molecule has 1 aliphatic heterocycles. The van der Waals surface area contributed by atoms with E-state index >= 15 is 0 Å². The highest BCUT2D eigenvalue weighted by Crippen LogP contribution is 2.32. The molecule has 8 heteroatoms. The maximum Gasteiger partial charge on any atom is 0.255 e. The molecule has 1 amide bonds. The number of nitrogen functional groups attached to an aromatic ring is 1. The van der Waals surface area contributed by atoms with Gasteiger partial charge in [-0.2, -0.15) is 12.6 Å². The van der Waals surface area contributed by atoms with Crippen LogP contribution in [0.25, 0.3) is 10.8 Å². The lowest BCUT2D eigenvalue weighted by molar-refractivity contribution is 0.0633. The fourth-order valence-corrected chi connectivity index (χ4v) is 6.66. The van der Waals surface area contributed by atoms with Crippen molar-refractivity contribution in [3.05, 3.63) is 41.5 Å². The van der Waals surface area contributed by atoms with E-state index in [0.717, 1.165) is 41.4 Å². The highest BCUT2D eigenvalue weighted by Gasteiger charge is 2.33. The predicted octanol–water partition coefficient (Wildman–Crippen LogP) is 2.91. The Kier molecular flexibility index (Phi) is 7.32. The summed E-state index contributed by atoms with van der Waals surface area (Å²) in [5, 5.41) is 5.18. The first-order valence-corrected chi connectivity index (χ1v) is 14.0. The van der Waals surface area contributed by atoms with E-state index in [1.165, 1.54) is 0 Å². The smallest absolute Gasteiger partial charge is 0.255 e. The van der Waals surface area contributed by atoms with Gasteiger partial charge in [-0.3, -0.25) is 4.79 Å². The van der Waals surface area contributed by atoms with Gasteiger partial charge in [0.25, 0.3) is 5.91 Å². The Hall–Kier alpha value is -1.77. The first kappa shape index (κ1) is 23.4. The van der Waals surface area contributed by atoms with Crippen LogP contribution in [0.1, 0.15) is 41.6 Å². The third kappa shape index (κ3) is 5.41. The topological polar surface area (TPSA) is 92.5 Å². The van der Waals surface area contributed by atoms with Crippen LogP contribution in [0.2, 0.25) is 0 Å². The number of carbonyl (C=O) groups excluding carboxylic acids is 1. The van der Waals surface area contributed by atoms with E-state index in [-0.39, 0.29) is 23.5 Å². The number of sulfone groups is 1. The van der Waals surface area contributed by atoms with Gasteiger partial charge in [-0.15, -0.1) is 0 Å². The van der Waals surface area contributed by atoms with Crippen molar-refractivity contribution in [1.29, 1.82) is 0 Å². The fourth-order valence-electron chi connectivity index (χ4n) is 4.65. The summed E-state index contributed by atoms with van der Waals surface area (Å²) in [7, 11) is -3.09. The molecule has 174 valence electrons. The number of benzene rings is 2. The molecule has 32 heavy (non-hydrogen) atoms. The first-order chi connectivity index (χ1) is 15.4. The first-order valence-electron chi connectivity index (χ1n) is 11.5. The van der Waals surface area contributed by atoms with E-state index in [0.29, 0.717) is 49.6 Å². The van der Waals surface area contributed by atoms with Crippen LogP contribution in [-0.2, 0) is 16.3 Å². The van der Waals surface area contributed by atoms with Gasteiger partial charge in [0.15, 0.2) is 9.84 Å². The number of piperazine rings is 1. The Morgan fingerprint density at radius 3 is 2.78 bits per heavy atom. The molecular weight excluding hydrogens is 442 g/mol. The number of hydrogen-bond acceptors (Lipinski definition) is 6. The molecule has 6 nitrogen and oxygen atoms in total. The highest BCUT2D eigenvalue weighted by molar-refractivity contribution is 7.91. The molecule has 1 saturated heterocycles. The minimum Gasteiger partial charge on any atom is -0.398 e. The van der Waals surface area contributed by atoms with Gasteiger partial charge in [0.2, 0.25) is 0 Å². The zero-order chi connectivity index (χ0) is 22.7. The zero-order valence-corrected chi connectivity index (χ0v) is 20.1. The average Bonchev–Trinajstić information content (AvgIpc) is 3.59. The summed E-state index contributed by atoms with van der Waals surface area (Å²) < 4.78 is 25.0. The van der Waals surface area contributed by atoms with E-state index in [1.807, 2.05) is 35.2 Å². The van der Waals surface area contributed by atoms with Gasteiger partial charge < -0.3 is 16.0 Å². The molecule has 1 heterocycles. The number of rotatable bonds is 9. The number of carbonyl (C=O) groups is 1. The molecule has 1 saturated carbocycles. The molecule has 0 spiro atoms. The van der Waals surface area contributed by atoms with E-state index < -0.39 is 9.84 Å². The summed E-state index contributed by atoms with van der Waals surface area (Å²) in [4.78, 5) is 15.8. The Bertz CT molecular complexity index is 1080. The zero-order valence-electron chi connectivity index (χ0n) is 18.4. The summed E-state index contributed by atoms with van der Waals surface area (Å²) in [5.41, 5.74) is 8.58. The highest BCUT2D eigenvalue weighted by atomic mass is 32.2. The van der Waals surface area contributed by atoms with Gasteiger partial charge in [0.1, 0.15) is 0 Å². The van der Waals surface area contributed by atoms with Crippen LogP contribution in [0.15, 0.2) is 30.3 Å². The van der Waals surface area contributed by atoms with Crippen LogP contribution < -0.4 is 11.1 Å². The largest absolute Gasteiger partial charge is 0.398 e. The molecule has 1 aliphatic carbocycles. The molecular formula is C24H33N3O3S2. The minimum absolute atomic E-state index is 0.0474. The molecule has 1 atom stereocenters. The van der Waals surface area contributed by atoms with Crippen LogP contribution in [0.5, 0.6) is 0 Å². The molecule has 2 aliphatic rings. The van der Waals surface area contributed by atoms with Crippen molar-refractivity contribution in [2.45, 2.75) is 38.1 Å². The number of nitrogens with two attached hydrogens (primary N) is 1. The van der Waals surface area contributed by atoms with Gasteiger partial charge in [0, 0.05) is 31.4 Å². The third-order valence-electron chi connectivity index (χ3n) is 6.55. The monoisotopic (exact) mass is 475 g/mol. The fraction of sp³-hybridized carbons (Fsp3) is 0.542. The number of thiol groups is 1. The van der Waals surface area contributed by atoms with Crippen molar-refractivity contribution >= 4 is 44.8 Å². The van der Waals surface area contributed by atoms with Crippen LogP contribution in [0.4, 0.5) is 5.69 Å². The minimum atomic E-state index is -3.09. The lowest BCUT2D eigenvalue weighted by atomic mass is 9.92. The summed E-state index contributed by atoms with van der Waals surface area (Å²) >= 11 is 4.34. The van der Waals surface area contributed by atoms with Crippen LogP contribution in [0.3, 0.4) is 0 Å². The van der Waals surface area contributed by atoms with Gasteiger partial charge in [0.05, 0.1) is 17.1 Å². The van der Waals surface area contributed by atoms with Crippen molar-refractivity contribution < 1.29 is 13.2 Å². The Balaban J connectivity index is 1.63. The molecule has 0 unspecified atom stereocenters. The van der Waals surface area contributed by atoms with Gasteiger partial charge in [-0.05, 0) is 66.2 Å². The molecule has 2 aromatic carbocycles. The number of amides is 1. The SMILES string of the molecule is Nc1cc2ccccc2c(C(=O)N2CCNC[C@@H]2CCS(=O)(=O)CC2CC2)c1CCCS. The maximum absolute atomic E-state index is 13.9. The summed E-state index contributed by atoms with van der Waals surface area (Å²) in [6, 6.07) is 9.63. The second-order valence-electron chi connectivity index (χ2n) is 9.07. The van der Waals surface area contributed by atoms with E-state index in [1.54, 1.807) is 0 Å². The van der Waals surface area contributed by atoms with Crippen molar-refractivity contribution in [2.75, 3.05) is 42.6 Å². The molecule has 0 aromatic heterocycles. The van der Waals surface area contributed by atoms with Gasteiger partial charge >= 0.3 is 0 Å². The second kappa shape index (κ2) is 10.0. The van der Waals surface area contributed by atoms with Crippen molar-refractivity contribution in [1.82, 2.24) is 10.2 Å². The van der Waals surface area contributed by atoms with E-state index in [9.17, 15) is 13.2 Å². The molecule has 2 aromatic rings. The van der Waals surface area contributed by atoms with Crippen LogP contribution in [-0.4, -0.2) is 62.2 Å². The van der Waals surface area contributed by atoms with Crippen molar-refractivity contribution in [3.63, 3.8) is 0 Å². The van der Waals surface area contributed by atoms with Crippen molar-refractivity contribution in [3.8, 4) is 0 Å². The Labute approximate surface area is 196 Å². The summed E-state index contributed by atoms with van der Waals surface area (Å²) in [6.07, 6.45) is 4.02. The van der Waals surface area contributed by atoms with Gasteiger partial charge in [-0.25, -0.2) is 8.42 Å². The average molecular weight is 476 g/mol. The molecule has 2 fully saturated rings. The third-order valence-corrected chi connectivity index (χ3v) is 8.70. The molecule has 3 N–H and O–H groups in total. The molecule has 0 radical (unpaired) electrons. The maximum atomic E-state index is 13.9. The second-order valence-corrected chi connectivity index (χ2v) is 11.7. The summed E-state index contributed by atoms with van der Waals surface area (Å²) in [5.74, 6) is 1.43. The number of anilines is 1. The van der Waals surface area contributed by atoms with Crippen LogP contribution >= 0.6 is 12.6 Å². The quantitative estimate of drug-likeness (QED) is 0.383. The number of fused-ring (bicyclic) bond motifs is 1. The van der Waals surface area contributed by atoms with Crippen LogP contribution in [0, 0.1) is 5.92 Å². The lowest BCUT2D eigenvalue weighted by Crippen LogP contribution is -2.54. The normalized spacial score (nSPS) is 19.4. The Morgan fingerprint density at radius 2 is 2.03 bits per heavy atom. The predicted molar refractivity (Wildman–Crippen MR) is 134 cm³/mol.